The number of nitrogens with one attached hydrogen (secondary N) is 1. The van der Waals surface area contributed by atoms with E-state index in [1.54, 1.807) is 6.07 Å². The molecule has 1 aromatic rings. The average molecular weight is 253 g/mol. The first kappa shape index (κ1) is 13.3. The highest BCUT2D eigenvalue weighted by atomic mass is 19.1. The Morgan fingerprint density at radius 2 is 2.11 bits per heavy atom. The molecule has 3 N–H and O–H groups in total. The summed E-state index contributed by atoms with van der Waals surface area (Å²) in [4.78, 5) is 0. The number of hydrogen-bond acceptors (Lipinski definition) is 3. The molecule has 0 spiro atoms. The van der Waals surface area contributed by atoms with Crippen LogP contribution in [-0.2, 0) is 0 Å². The molecule has 3 atom stereocenters. The van der Waals surface area contributed by atoms with Gasteiger partial charge < -0.3 is 15.5 Å². The van der Waals surface area contributed by atoms with Crippen LogP contribution < -0.4 is 5.32 Å². The lowest BCUT2D eigenvalue weighted by molar-refractivity contribution is -0.0755. The number of aliphatic hydroxyl groups excluding tert-OH is 1. The van der Waals surface area contributed by atoms with Crippen LogP contribution in [0.2, 0.25) is 0 Å². The largest absolute Gasteiger partial charge is 0.508 e. The molecule has 100 valence electrons. The van der Waals surface area contributed by atoms with Gasteiger partial charge in [0.15, 0.2) is 0 Å². The van der Waals surface area contributed by atoms with Crippen molar-refractivity contribution in [2.45, 2.75) is 45.4 Å². The second-order valence-corrected chi connectivity index (χ2v) is 5.72. The van der Waals surface area contributed by atoms with Gasteiger partial charge in [-0.2, -0.15) is 0 Å². The van der Waals surface area contributed by atoms with E-state index in [9.17, 15) is 14.6 Å². The highest BCUT2D eigenvalue weighted by Crippen LogP contribution is 2.41. The van der Waals surface area contributed by atoms with Crippen molar-refractivity contribution in [2.75, 3.05) is 0 Å². The van der Waals surface area contributed by atoms with Crippen LogP contribution in [0, 0.1) is 11.2 Å². The summed E-state index contributed by atoms with van der Waals surface area (Å²) in [5.74, 6) is -0.476. The zero-order chi connectivity index (χ0) is 13.5. The fraction of sp³-hybridized carbons (Fsp3) is 0.571. The third-order valence-electron chi connectivity index (χ3n) is 4.12. The van der Waals surface area contributed by atoms with Gasteiger partial charge in [-0.25, -0.2) is 4.39 Å². The third-order valence-corrected chi connectivity index (χ3v) is 4.12. The topological polar surface area (TPSA) is 52.5 Å². The second-order valence-electron chi connectivity index (χ2n) is 5.72. The van der Waals surface area contributed by atoms with Gasteiger partial charge in [0.2, 0.25) is 0 Å². The maximum Gasteiger partial charge on any atom is 0.131 e. The molecule has 0 heterocycles. The molecule has 1 aromatic carbocycles. The Balaban J connectivity index is 2.07. The summed E-state index contributed by atoms with van der Waals surface area (Å²) in [6.45, 7) is 5.88. The van der Waals surface area contributed by atoms with Gasteiger partial charge in [-0.3, -0.25) is 0 Å². The summed E-state index contributed by atoms with van der Waals surface area (Å²) >= 11 is 0. The van der Waals surface area contributed by atoms with Crippen molar-refractivity contribution in [1.29, 1.82) is 0 Å². The smallest absolute Gasteiger partial charge is 0.131 e. The molecule has 1 aliphatic carbocycles. The Morgan fingerprint density at radius 3 is 2.61 bits per heavy atom. The van der Waals surface area contributed by atoms with E-state index in [2.05, 4.69) is 5.32 Å². The maximum absolute atomic E-state index is 13.7. The first-order valence-electron chi connectivity index (χ1n) is 6.25. The van der Waals surface area contributed by atoms with Crippen molar-refractivity contribution < 1.29 is 14.6 Å². The van der Waals surface area contributed by atoms with Crippen LogP contribution in [0.15, 0.2) is 18.2 Å². The number of aromatic hydroxyl groups is 1. The monoisotopic (exact) mass is 253 g/mol. The molecular formula is C14H20FNO2. The molecule has 4 heteroatoms. The maximum atomic E-state index is 13.7. The number of rotatable bonds is 3. The summed E-state index contributed by atoms with van der Waals surface area (Å²) in [7, 11) is 0. The van der Waals surface area contributed by atoms with Gasteiger partial charge in [-0.05, 0) is 19.4 Å². The number of hydrogen-bond donors (Lipinski definition) is 3. The summed E-state index contributed by atoms with van der Waals surface area (Å²) in [5, 5.41) is 22.2. The van der Waals surface area contributed by atoms with E-state index in [1.807, 2.05) is 20.8 Å². The molecule has 3 unspecified atom stereocenters. The van der Waals surface area contributed by atoms with Gasteiger partial charge in [-0.1, -0.05) is 19.9 Å². The third kappa shape index (κ3) is 2.22. The van der Waals surface area contributed by atoms with Crippen LogP contribution in [0.1, 0.15) is 38.8 Å². The zero-order valence-electron chi connectivity index (χ0n) is 10.9. The number of phenols is 1. The number of halogens is 1. The van der Waals surface area contributed by atoms with Crippen molar-refractivity contribution in [1.82, 2.24) is 5.32 Å². The second kappa shape index (κ2) is 4.52. The summed E-state index contributed by atoms with van der Waals surface area (Å²) in [5.41, 5.74) is 0.353. The number of benzene rings is 1. The lowest BCUT2D eigenvalue weighted by Gasteiger charge is -2.50. The first-order chi connectivity index (χ1) is 8.32. The van der Waals surface area contributed by atoms with E-state index in [4.69, 9.17) is 0 Å². The molecule has 0 aliphatic heterocycles. The van der Waals surface area contributed by atoms with Crippen LogP contribution >= 0.6 is 0 Å². The van der Waals surface area contributed by atoms with Gasteiger partial charge in [-0.15, -0.1) is 0 Å². The lowest BCUT2D eigenvalue weighted by atomic mass is 9.64. The first-order valence-corrected chi connectivity index (χ1v) is 6.25. The zero-order valence-corrected chi connectivity index (χ0v) is 10.9. The van der Waals surface area contributed by atoms with Crippen molar-refractivity contribution in [3.8, 4) is 5.75 Å². The molecule has 2 rings (SSSR count). The standard InChI is InChI=1S/C14H20FNO2/c1-8(10-5-4-9(17)6-11(10)15)16-12-7-13(18)14(12,2)3/h4-6,8,12-13,16-18H,7H2,1-3H3. The van der Waals surface area contributed by atoms with E-state index in [-0.39, 0.29) is 29.4 Å². The molecule has 0 bridgehead atoms. The molecule has 3 nitrogen and oxygen atoms in total. The van der Waals surface area contributed by atoms with Crippen LogP contribution in [0.3, 0.4) is 0 Å². The minimum Gasteiger partial charge on any atom is -0.508 e. The minimum absolute atomic E-state index is 0.0668. The van der Waals surface area contributed by atoms with Crippen LogP contribution in [0.5, 0.6) is 5.75 Å². The van der Waals surface area contributed by atoms with Crippen LogP contribution in [0.4, 0.5) is 4.39 Å². The predicted molar refractivity (Wildman–Crippen MR) is 67.8 cm³/mol. The van der Waals surface area contributed by atoms with Gasteiger partial charge in [0.05, 0.1) is 6.10 Å². The highest BCUT2D eigenvalue weighted by Gasteiger charge is 2.47. The fourth-order valence-corrected chi connectivity index (χ4v) is 2.44. The summed E-state index contributed by atoms with van der Waals surface area (Å²) in [6, 6.07) is 4.22. The van der Waals surface area contributed by atoms with Gasteiger partial charge in [0.1, 0.15) is 11.6 Å². The quantitative estimate of drug-likeness (QED) is 0.775. The van der Waals surface area contributed by atoms with Crippen LogP contribution in [-0.4, -0.2) is 22.4 Å². The van der Waals surface area contributed by atoms with Gasteiger partial charge in [0.25, 0.3) is 0 Å². The lowest BCUT2D eigenvalue weighted by Crippen LogP contribution is -2.60. The average Bonchev–Trinajstić information content (AvgIpc) is 2.28. The molecule has 0 saturated heterocycles. The molecule has 1 aliphatic rings. The SMILES string of the molecule is CC(NC1CC(O)C1(C)C)c1ccc(O)cc1F. The van der Waals surface area contributed by atoms with E-state index >= 15 is 0 Å². The van der Waals surface area contributed by atoms with Crippen molar-refractivity contribution >= 4 is 0 Å². The van der Waals surface area contributed by atoms with Gasteiger partial charge in [0, 0.05) is 29.1 Å². The number of aliphatic hydroxyl groups is 1. The molecule has 0 aromatic heterocycles. The fourth-order valence-electron chi connectivity index (χ4n) is 2.44. The number of phenolic OH excluding ortho intramolecular Hbond substituents is 1. The van der Waals surface area contributed by atoms with Crippen molar-refractivity contribution in [3.63, 3.8) is 0 Å². The normalized spacial score (nSPS) is 27.6. The Labute approximate surface area is 107 Å². The van der Waals surface area contributed by atoms with Crippen LogP contribution in [0.25, 0.3) is 0 Å². The van der Waals surface area contributed by atoms with Crippen molar-refractivity contribution in [2.24, 2.45) is 5.41 Å². The Bertz CT molecular complexity index is 447. The predicted octanol–water partition coefficient (Wildman–Crippen LogP) is 2.34. The highest BCUT2D eigenvalue weighted by molar-refractivity contribution is 5.29. The molecule has 0 amide bonds. The molecule has 1 fully saturated rings. The Hall–Kier alpha value is -1.13. The minimum atomic E-state index is -0.410. The molecule has 18 heavy (non-hydrogen) atoms. The molecule has 1 saturated carbocycles. The Kier molecular flexibility index (Phi) is 3.34. The summed E-state index contributed by atoms with van der Waals surface area (Å²) < 4.78 is 13.7. The molecular weight excluding hydrogens is 233 g/mol. The summed E-state index contributed by atoms with van der Waals surface area (Å²) in [6.07, 6.45) is 0.392. The van der Waals surface area contributed by atoms with E-state index in [1.165, 1.54) is 6.07 Å². The Morgan fingerprint density at radius 1 is 1.44 bits per heavy atom. The molecule has 0 radical (unpaired) electrons. The van der Waals surface area contributed by atoms with E-state index in [0.29, 0.717) is 12.0 Å². The van der Waals surface area contributed by atoms with Crippen molar-refractivity contribution in [3.05, 3.63) is 29.6 Å². The van der Waals surface area contributed by atoms with Gasteiger partial charge >= 0.3 is 0 Å². The van der Waals surface area contributed by atoms with E-state index in [0.717, 1.165) is 6.07 Å². The van der Waals surface area contributed by atoms with E-state index < -0.39 is 5.82 Å².